The molecule has 0 N–H and O–H groups in total. The number of carbonyl (C=O) groups is 1. The van der Waals surface area contributed by atoms with Gasteiger partial charge in [-0.15, -0.1) is 5.10 Å². The zero-order chi connectivity index (χ0) is 17.8. The molecule has 1 atom stereocenters. The number of nitrogens with zero attached hydrogens (tertiary/aromatic N) is 5. The predicted octanol–water partition coefficient (Wildman–Crippen LogP) is 3.24. The van der Waals surface area contributed by atoms with E-state index in [4.69, 9.17) is 11.6 Å². The Hall–Kier alpha value is -2.38. The van der Waals surface area contributed by atoms with Crippen molar-refractivity contribution in [3.05, 3.63) is 65.2 Å². The second-order valence-corrected chi connectivity index (χ2v) is 7.00. The molecule has 0 aliphatic rings. The van der Waals surface area contributed by atoms with Crippen molar-refractivity contribution in [3.63, 3.8) is 0 Å². The molecule has 3 rings (SSSR count). The van der Waals surface area contributed by atoms with Gasteiger partial charge in [0.25, 0.3) is 0 Å². The molecule has 0 unspecified atom stereocenters. The van der Waals surface area contributed by atoms with Crippen LogP contribution >= 0.6 is 23.4 Å². The summed E-state index contributed by atoms with van der Waals surface area (Å²) < 4.78 is 1.58. The Bertz CT molecular complexity index is 868. The third-order valence-corrected chi connectivity index (χ3v) is 4.89. The van der Waals surface area contributed by atoms with Crippen molar-refractivity contribution in [1.82, 2.24) is 25.1 Å². The van der Waals surface area contributed by atoms with E-state index in [-0.39, 0.29) is 5.91 Å². The molecule has 0 saturated carbocycles. The van der Waals surface area contributed by atoms with E-state index >= 15 is 0 Å². The molecule has 0 fully saturated rings. The van der Waals surface area contributed by atoms with Gasteiger partial charge in [-0.1, -0.05) is 59.8 Å². The number of tetrazole rings is 1. The van der Waals surface area contributed by atoms with Crippen LogP contribution in [0.2, 0.25) is 5.02 Å². The van der Waals surface area contributed by atoms with Gasteiger partial charge in [0.05, 0.1) is 5.69 Å². The molecule has 2 aromatic carbocycles. The Morgan fingerprint density at radius 2 is 1.92 bits per heavy atom. The van der Waals surface area contributed by atoms with Crippen LogP contribution in [0.1, 0.15) is 10.8 Å². The summed E-state index contributed by atoms with van der Waals surface area (Å²) in [5.41, 5.74) is 1.64. The number of hydrogen-bond donors (Lipinski definition) is 0. The molecule has 0 bridgehead atoms. The fourth-order valence-electron chi connectivity index (χ4n) is 2.25. The molecule has 1 amide bonds. The smallest absolute Gasteiger partial charge is 0.240 e. The Morgan fingerprint density at radius 3 is 2.60 bits per heavy atom. The van der Waals surface area contributed by atoms with Gasteiger partial charge >= 0.3 is 0 Å². The highest BCUT2D eigenvalue weighted by Gasteiger charge is 2.26. The number of thioether (sulfide) groups is 1. The van der Waals surface area contributed by atoms with E-state index < -0.39 is 5.25 Å². The first-order chi connectivity index (χ1) is 12.1. The van der Waals surface area contributed by atoms with Gasteiger partial charge in [0.15, 0.2) is 0 Å². The van der Waals surface area contributed by atoms with E-state index in [0.29, 0.717) is 10.2 Å². The summed E-state index contributed by atoms with van der Waals surface area (Å²) >= 11 is 7.36. The molecule has 0 spiro atoms. The fourth-order valence-corrected chi connectivity index (χ4v) is 3.58. The molecule has 3 aromatic rings. The van der Waals surface area contributed by atoms with Crippen molar-refractivity contribution in [2.75, 3.05) is 14.1 Å². The van der Waals surface area contributed by atoms with Crippen molar-refractivity contribution >= 4 is 29.3 Å². The van der Waals surface area contributed by atoms with E-state index in [0.717, 1.165) is 11.3 Å². The summed E-state index contributed by atoms with van der Waals surface area (Å²) in [5, 5.41) is 12.5. The van der Waals surface area contributed by atoms with E-state index in [1.54, 1.807) is 35.8 Å². The normalized spacial score (nSPS) is 12.0. The Labute approximate surface area is 154 Å². The minimum atomic E-state index is -0.444. The highest BCUT2D eigenvalue weighted by atomic mass is 35.5. The molecule has 128 valence electrons. The average molecular weight is 374 g/mol. The summed E-state index contributed by atoms with van der Waals surface area (Å²) in [6, 6.07) is 16.8. The van der Waals surface area contributed by atoms with Gasteiger partial charge in [-0.05, 0) is 34.2 Å². The van der Waals surface area contributed by atoms with Crippen molar-refractivity contribution in [2.45, 2.75) is 10.4 Å². The van der Waals surface area contributed by atoms with E-state index in [1.165, 1.54) is 11.8 Å². The zero-order valence-corrected chi connectivity index (χ0v) is 15.3. The van der Waals surface area contributed by atoms with Gasteiger partial charge in [0.1, 0.15) is 5.25 Å². The number of aromatic nitrogens is 4. The summed E-state index contributed by atoms with van der Waals surface area (Å²) in [4.78, 5) is 14.2. The highest BCUT2D eigenvalue weighted by Crippen LogP contribution is 2.35. The van der Waals surface area contributed by atoms with Crippen LogP contribution in [0.3, 0.4) is 0 Å². The molecular formula is C17H16ClN5OS. The van der Waals surface area contributed by atoms with E-state index in [1.807, 2.05) is 42.5 Å². The van der Waals surface area contributed by atoms with Gasteiger partial charge in [0, 0.05) is 19.1 Å². The van der Waals surface area contributed by atoms with Crippen LogP contribution in [-0.4, -0.2) is 45.1 Å². The van der Waals surface area contributed by atoms with Crippen molar-refractivity contribution < 1.29 is 4.79 Å². The number of halogens is 1. The van der Waals surface area contributed by atoms with Crippen molar-refractivity contribution in [3.8, 4) is 5.69 Å². The molecule has 0 radical (unpaired) electrons. The molecule has 0 aliphatic heterocycles. The number of rotatable bonds is 5. The lowest BCUT2D eigenvalue weighted by Gasteiger charge is -2.20. The van der Waals surface area contributed by atoms with Crippen LogP contribution in [-0.2, 0) is 4.79 Å². The highest BCUT2D eigenvalue weighted by molar-refractivity contribution is 8.00. The van der Waals surface area contributed by atoms with Crippen LogP contribution in [0.25, 0.3) is 5.69 Å². The van der Waals surface area contributed by atoms with Gasteiger partial charge in [-0.2, -0.15) is 4.68 Å². The number of amides is 1. The molecule has 25 heavy (non-hydrogen) atoms. The Balaban J connectivity index is 1.96. The molecule has 1 aromatic heterocycles. The molecule has 8 heteroatoms. The maximum Gasteiger partial charge on any atom is 0.240 e. The standard InChI is InChI=1S/C17H16ClN5OS/c1-22(2)16(24)15(12-7-4-3-5-8-12)25-17-19-20-21-23(17)14-10-6-9-13(18)11-14/h3-11,15H,1-2H3/t15-/m0/s1. The topological polar surface area (TPSA) is 63.9 Å². The maximum atomic E-state index is 12.7. The van der Waals surface area contributed by atoms with E-state index in [2.05, 4.69) is 15.5 Å². The monoisotopic (exact) mass is 373 g/mol. The quantitative estimate of drug-likeness (QED) is 0.642. The second-order valence-electron chi connectivity index (χ2n) is 5.49. The fraction of sp³-hybridized carbons (Fsp3) is 0.176. The molecule has 1 heterocycles. The van der Waals surface area contributed by atoms with Gasteiger partial charge in [-0.3, -0.25) is 4.79 Å². The van der Waals surface area contributed by atoms with Crippen LogP contribution in [0.5, 0.6) is 0 Å². The van der Waals surface area contributed by atoms with Crippen LogP contribution in [0.4, 0.5) is 0 Å². The van der Waals surface area contributed by atoms with Crippen LogP contribution in [0.15, 0.2) is 59.8 Å². The molecule has 6 nitrogen and oxygen atoms in total. The largest absolute Gasteiger partial charge is 0.348 e. The average Bonchev–Trinajstić information content (AvgIpc) is 3.08. The number of likely N-dealkylation sites (N-methyl/N-ethyl adjacent to an activating group) is 1. The lowest BCUT2D eigenvalue weighted by Crippen LogP contribution is -2.27. The summed E-state index contributed by atoms with van der Waals surface area (Å²) in [7, 11) is 3.47. The minimum Gasteiger partial charge on any atom is -0.348 e. The van der Waals surface area contributed by atoms with Crippen LogP contribution in [0, 0.1) is 0 Å². The second kappa shape index (κ2) is 7.67. The molecular weight excluding hydrogens is 358 g/mol. The van der Waals surface area contributed by atoms with E-state index in [9.17, 15) is 4.79 Å². The summed E-state index contributed by atoms with van der Waals surface area (Å²) in [6.07, 6.45) is 0. The number of benzene rings is 2. The predicted molar refractivity (Wildman–Crippen MR) is 97.9 cm³/mol. The van der Waals surface area contributed by atoms with Gasteiger partial charge < -0.3 is 4.90 Å². The lowest BCUT2D eigenvalue weighted by molar-refractivity contribution is -0.128. The zero-order valence-electron chi connectivity index (χ0n) is 13.7. The third-order valence-electron chi connectivity index (χ3n) is 3.48. The summed E-state index contributed by atoms with van der Waals surface area (Å²) in [5.74, 6) is -0.0307. The minimum absolute atomic E-state index is 0.0307. The first kappa shape index (κ1) is 17.4. The number of carbonyl (C=O) groups excluding carboxylic acids is 1. The van der Waals surface area contributed by atoms with Gasteiger partial charge in [0.2, 0.25) is 11.1 Å². The third kappa shape index (κ3) is 4.00. The number of hydrogen-bond acceptors (Lipinski definition) is 5. The Kier molecular flexibility index (Phi) is 5.35. The first-order valence-electron chi connectivity index (χ1n) is 7.53. The SMILES string of the molecule is CN(C)C(=O)[C@@H](Sc1nnnn1-c1cccc(Cl)c1)c1ccccc1. The van der Waals surface area contributed by atoms with Gasteiger partial charge in [-0.25, -0.2) is 0 Å². The first-order valence-corrected chi connectivity index (χ1v) is 8.79. The van der Waals surface area contributed by atoms with Crippen molar-refractivity contribution in [2.24, 2.45) is 0 Å². The lowest BCUT2D eigenvalue weighted by atomic mass is 10.1. The maximum absolute atomic E-state index is 12.7. The van der Waals surface area contributed by atoms with Crippen LogP contribution < -0.4 is 0 Å². The van der Waals surface area contributed by atoms with Crippen molar-refractivity contribution in [1.29, 1.82) is 0 Å². The Morgan fingerprint density at radius 1 is 1.16 bits per heavy atom. The summed E-state index contributed by atoms with van der Waals surface area (Å²) in [6.45, 7) is 0. The molecule has 0 saturated heterocycles. The molecule has 0 aliphatic carbocycles.